The van der Waals surface area contributed by atoms with Crippen molar-refractivity contribution in [2.45, 2.75) is 30.5 Å². The molecule has 0 aliphatic heterocycles. The largest absolute Gasteiger partial charge is 0.417 e. The predicted molar refractivity (Wildman–Crippen MR) is 130 cm³/mol. The first-order valence-corrected chi connectivity index (χ1v) is 12.3. The third kappa shape index (κ3) is 8.00. The molecule has 2 aromatic carbocycles. The van der Waals surface area contributed by atoms with Crippen molar-refractivity contribution in [3.05, 3.63) is 59.2 Å². The number of sulfonamides is 1. The highest BCUT2D eigenvalue weighted by molar-refractivity contribution is 7.89. The van der Waals surface area contributed by atoms with Crippen molar-refractivity contribution in [2.24, 2.45) is 5.73 Å². The molecule has 0 saturated heterocycles. The number of alkyl halides is 3. The number of benzene rings is 2. The summed E-state index contributed by atoms with van der Waals surface area (Å²) in [5.74, 6) is -1.57. The summed E-state index contributed by atoms with van der Waals surface area (Å²) in [6.07, 6.45) is -5.59. The molecule has 0 aliphatic rings. The number of likely N-dealkylation sites (N-methyl/N-ethyl adjacent to an activating group) is 1. The Labute approximate surface area is 212 Å². The monoisotopic (exact) mass is 543 g/mol. The SMILES string of the molecule is COCCN(C)S(=O)(=O)c1ccc([C@H](C)NC(=O)CC(=O)Nc2ccc(C(=N)N)cc2)cc1C(F)(F)F. The third-order valence-corrected chi connectivity index (χ3v) is 7.20. The van der Waals surface area contributed by atoms with E-state index in [1.54, 1.807) is 0 Å². The average Bonchev–Trinajstić information content (AvgIpc) is 2.81. The molecule has 2 rings (SSSR count). The van der Waals surface area contributed by atoms with Crippen LogP contribution in [0.1, 0.15) is 36.1 Å². The maximum Gasteiger partial charge on any atom is 0.417 e. The Bertz CT molecular complexity index is 1250. The summed E-state index contributed by atoms with van der Waals surface area (Å²) >= 11 is 0. The number of methoxy groups -OCH3 is 1. The molecule has 14 heteroatoms. The van der Waals surface area contributed by atoms with Crippen LogP contribution in [-0.2, 0) is 30.5 Å². The van der Waals surface area contributed by atoms with Gasteiger partial charge in [0.05, 0.1) is 23.1 Å². The Morgan fingerprint density at radius 2 is 1.76 bits per heavy atom. The highest BCUT2D eigenvalue weighted by Gasteiger charge is 2.39. The highest BCUT2D eigenvalue weighted by atomic mass is 32.2. The molecular formula is C23H28F3N5O5S. The third-order valence-electron chi connectivity index (χ3n) is 5.29. The van der Waals surface area contributed by atoms with Gasteiger partial charge in [-0.25, -0.2) is 8.42 Å². The number of amidine groups is 1. The van der Waals surface area contributed by atoms with E-state index in [0.29, 0.717) is 17.3 Å². The lowest BCUT2D eigenvalue weighted by Gasteiger charge is -2.22. The second-order valence-corrected chi connectivity index (χ2v) is 10.1. The van der Waals surface area contributed by atoms with Crippen LogP contribution in [0.4, 0.5) is 18.9 Å². The molecule has 5 N–H and O–H groups in total. The first kappa shape index (κ1) is 29.7. The highest BCUT2D eigenvalue weighted by Crippen LogP contribution is 2.36. The lowest BCUT2D eigenvalue weighted by atomic mass is 10.0. The minimum Gasteiger partial charge on any atom is -0.384 e. The number of carbonyl (C=O) groups is 2. The smallest absolute Gasteiger partial charge is 0.384 e. The van der Waals surface area contributed by atoms with Gasteiger partial charge in [0.2, 0.25) is 21.8 Å². The van der Waals surface area contributed by atoms with E-state index < -0.39 is 50.9 Å². The normalized spacial score (nSPS) is 12.7. The molecule has 0 aliphatic carbocycles. The summed E-state index contributed by atoms with van der Waals surface area (Å²) in [5, 5.41) is 12.3. The molecule has 0 aromatic heterocycles. The molecule has 0 bridgehead atoms. The summed E-state index contributed by atoms with van der Waals surface area (Å²) in [6.45, 7) is 1.26. The van der Waals surface area contributed by atoms with Gasteiger partial charge in [-0.15, -0.1) is 0 Å². The number of ether oxygens (including phenoxy) is 1. The van der Waals surface area contributed by atoms with Crippen LogP contribution < -0.4 is 16.4 Å². The number of rotatable bonds is 11. The molecule has 1 atom stereocenters. The number of anilines is 1. The number of carbonyl (C=O) groups excluding carboxylic acids is 2. The number of hydrogen-bond donors (Lipinski definition) is 4. The Morgan fingerprint density at radius 3 is 2.30 bits per heavy atom. The quantitative estimate of drug-likeness (QED) is 0.194. The van der Waals surface area contributed by atoms with Crippen molar-refractivity contribution >= 4 is 33.4 Å². The molecule has 0 heterocycles. The summed E-state index contributed by atoms with van der Waals surface area (Å²) in [4.78, 5) is 23.6. The molecule has 37 heavy (non-hydrogen) atoms. The van der Waals surface area contributed by atoms with Crippen molar-refractivity contribution in [1.29, 1.82) is 5.41 Å². The average molecular weight is 544 g/mol. The van der Waals surface area contributed by atoms with Gasteiger partial charge in [0.1, 0.15) is 12.3 Å². The van der Waals surface area contributed by atoms with Gasteiger partial charge in [0.25, 0.3) is 0 Å². The van der Waals surface area contributed by atoms with Crippen molar-refractivity contribution < 1.29 is 35.9 Å². The molecule has 0 radical (unpaired) electrons. The molecule has 202 valence electrons. The fourth-order valence-electron chi connectivity index (χ4n) is 3.23. The van der Waals surface area contributed by atoms with Gasteiger partial charge in [-0.05, 0) is 48.9 Å². The molecule has 2 amide bonds. The lowest BCUT2D eigenvalue weighted by Crippen LogP contribution is -2.32. The second-order valence-electron chi connectivity index (χ2n) is 8.08. The van der Waals surface area contributed by atoms with E-state index in [2.05, 4.69) is 10.6 Å². The van der Waals surface area contributed by atoms with E-state index in [1.165, 1.54) is 44.4 Å². The molecule has 0 fully saturated rings. The zero-order chi connectivity index (χ0) is 28.0. The Hall–Kier alpha value is -3.49. The van der Waals surface area contributed by atoms with Crippen molar-refractivity contribution in [1.82, 2.24) is 9.62 Å². The first-order chi connectivity index (χ1) is 17.2. The van der Waals surface area contributed by atoms with E-state index in [0.717, 1.165) is 17.4 Å². The summed E-state index contributed by atoms with van der Waals surface area (Å²) in [6, 6.07) is 7.74. The van der Waals surface area contributed by atoms with Crippen molar-refractivity contribution in [3.63, 3.8) is 0 Å². The van der Waals surface area contributed by atoms with E-state index in [9.17, 15) is 31.2 Å². The standard InChI is InChI=1S/C23H28F3N5O5S/c1-14(29-20(32)13-21(33)30-17-7-4-15(5-8-17)22(27)28)16-6-9-19(18(12-16)23(24,25)26)37(34,35)31(2)10-11-36-3/h4-9,12,14H,10-11,13H2,1-3H3,(H3,27,28)(H,29,32)(H,30,33)/t14-/m0/s1. The van der Waals surface area contributed by atoms with E-state index in [1.807, 2.05) is 0 Å². The minimum absolute atomic E-state index is 0.000556. The fraction of sp³-hybridized carbons (Fsp3) is 0.348. The maximum atomic E-state index is 13.8. The van der Waals surface area contributed by atoms with E-state index >= 15 is 0 Å². The summed E-state index contributed by atoms with van der Waals surface area (Å²) in [5.41, 5.74) is 4.80. The predicted octanol–water partition coefficient (Wildman–Crippen LogP) is 2.46. The zero-order valence-corrected chi connectivity index (χ0v) is 21.2. The van der Waals surface area contributed by atoms with Gasteiger partial charge >= 0.3 is 6.18 Å². The van der Waals surface area contributed by atoms with Gasteiger partial charge in [-0.1, -0.05) is 6.07 Å². The fourth-order valence-corrected chi connectivity index (χ4v) is 4.57. The molecule has 10 nitrogen and oxygen atoms in total. The Balaban J connectivity index is 2.14. The van der Waals surface area contributed by atoms with Crippen LogP contribution >= 0.6 is 0 Å². The summed E-state index contributed by atoms with van der Waals surface area (Å²) < 4.78 is 72.4. The first-order valence-electron chi connectivity index (χ1n) is 10.9. The van der Waals surface area contributed by atoms with Crippen molar-refractivity contribution in [2.75, 3.05) is 32.6 Å². The number of nitrogen functional groups attached to an aromatic ring is 1. The molecule has 0 unspecified atom stereocenters. The minimum atomic E-state index is -4.98. The maximum absolute atomic E-state index is 13.8. The van der Waals surface area contributed by atoms with Crippen molar-refractivity contribution in [3.8, 4) is 0 Å². The summed E-state index contributed by atoms with van der Waals surface area (Å²) in [7, 11) is -1.99. The van der Waals surface area contributed by atoms with Crippen LogP contribution in [0.5, 0.6) is 0 Å². The molecule has 2 aromatic rings. The number of nitrogens with one attached hydrogen (secondary N) is 3. The Kier molecular flexibility index (Phi) is 9.78. The van der Waals surface area contributed by atoms with Crippen LogP contribution in [0.3, 0.4) is 0 Å². The van der Waals surface area contributed by atoms with Gasteiger partial charge < -0.3 is 21.1 Å². The van der Waals surface area contributed by atoms with Gasteiger partial charge in [0.15, 0.2) is 0 Å². The van der Waals surface area contributed by atoms with Crippen LogP contribution in [0, 0.1) is 5.41 Å². The van der Waals surface area contributed by atoms with Gasteiger partial charge in [-0.2, -0.15) is 17.5 Å². The van der Waals surface area contributed by atoms with Crippen LogP contribution in [0.2, 0.25) is 0 Å². The zero-order valence-electron chi connectivity index (χ0n) is 20.3. The Morgan fingerprint density at radius 1 is 1.14 bits per heavy atom. The topological polar surface area (TPSA) is 155 Å². The number of amides is 2. The number of hydrogen-bond acceptors (Lipinski definition) is 6. The van der Waals surface area contributed by atoms with Gasteiger partial charge in [-0.3, -0.25) is 15.0 Å². The molecular weight excluding hydrogens is 515 g/mol. The molecule has 0 saturated carbocycles. The number of nitrogens with two attached hydrogens (primary N) is 1. The number of halogens is 3. The second kappa shape index (κ2) is 12.2. The van der Waals surface area contributed by atoms with Crippen LogP contribution in [0.25, 0.3) is 0 Å². The van der Waals surface area contributed by atoms with Crippen LogP contribution in [0.15, 0.2) is 47.4 Å². The van der Waals surface area contributed by atoms with E-state index in [4.69, 9.17) is 15.9 Å². The van der Waals surface area contributed by atoms with E-state index in [-0.39, 0.29) is 24.6 Å². The number of nitrogens with zero attached hydrogens (tertiary/aromatic N) is 1. The van der Waals surface area contributed by atoms with Gasteiger partial charge in [0, 0.05) is 32.0 Å². The molecule has 0 spiro atoms. The van der Waals surface area contributed by atoms with Crippen LogP contribution in [-0.4, -0.2) is 57.7 Å². The lowest BCUT2D eigenvalue weighted by molar-refractivity contribution is -0.140.